The molecule has 5 aromatic rings. The minimum absolute atomic E-state index is 0.0695. The Morgan fingerprint density at radius 3 is 2.53 bits per heavy atom. The van der Waals surface area contributed by atoms with Gasteiger partial charge in [-0.2, -0.15) is 0 Å². The summed E-state index contributed by atoms with van der Waals surface area (Å²) in [4.78, 5) is 46.0. The zero-order valence-electron chi connectivity index (χ0n) is 26.9. The molecule has 3 heterocycles. The number of aromatic nitrogens is 1. The Kier molecular flexibility index (Phi) is 9.77. The van der Waals surface area contributed by atoms with Gasteiger partial charge in [-0.15, -0.1) is 11.3 Å². The zero-order valence-corrected chi connectivity index (χ0v) is 28.5. The highest BCUT2D eigenvalue weighted by atomic mass is 35.5. The Morgan fingerprint density at radius 2 is 1.80 bits per heavy atom. The van der Waals surface area contributed by atoms with Gasteiger partial charge in [0.1, 0.15) is 17.3 Å². The first-order valence-electron chi connectivity index (χ1n) is 15.4. The molecule has 6 rings (SSSR count). The van der Waals surface area contributed by atoms with Crippen molar-refractivity contribution < 1.29 is 28.2 Å². The summed E-state index contributed by atoms with van der Waals surface area (Å²) >= 11 is 7.43. The predicted molar refractivity (Wildman–Crippen MR) is 188 cm³/mol. The molecule has 0 spiro atoms. The van der Waals surface area contributed by atoms with E-state index in [-0.39, 0.29) is 39.6 Å². The Hall–Kier alpha value is -5.10. The maximum atomic E-state index is 14.4. The van der Waals surface area contributed by atoms with Crippen LogP contribution in [0.4, 0.5) is 10.1 Å². The van der Waals surface area contributed by atoms with Crippen LogP contribution in [0.15, 0.2) is 66.0 Å². The largest absolute Gasteiger partial charge is 0.493 e. The number of nitrogens with two attached hydrogens (primary N) is 1. The van der Waals surface area contributed by atoms with Gasteiger partial charge in [-0.3, -0.25) is 9.59 Å². The number of aryl methyl sites for hydroxylation is 2. The topological polar surface area (TPSA) is 133 Å². The van der Waals surface area contributed by atoms with Gasteiger partial charge in [-0.25, -0.2) is 14.2 Å². The summed E-state index contributed by atoms with van der Waals surface area (Å²) in [6, 6.07) is 16.8. The number of ether oxygens (including phenoxy) is 2. The molecule has 49 heavy (non-hydrogen) atoms. The van der Waals surface area contributed by atoms with Crippen LogP contribution in [0.5, 0.6) is 5.75 Å². The smallest absolute Gasteiger partial charge is 0.357 e. The average Bonchev–Trinajstić information content (AvgIpc) is 3.50. The lowest BCUT2D eigenvalue weighted by Gasteiger charge is -2.19. The fourth-order valence-electron chi connectivity index (χ4n) is 5.88. The summed E-state index contributed by atoms with van der Waals surface area (Å²) in [6.07, 6.45) is 0.689. The van der Waals surface area contributed by atoms with Crippen molar-refractivity contribution >= 4 is 46.4 Å². The van der Waals surface area contributed by atoms with E-state index in [1.54, 1.807) is 29.5 Å². The monoisotopic (exact) mass is 698 g/mol. The van der Waals surface area contributed by atoms with Gasteiger partial charge in [0.15, 0.2) is 5.69 Å². The standard InChI is InChI=1S/C37H32ClFN4O5S/c1-19-13-21(17-40)14-20(2)32(19)43-35(44)26-15-27-30(48-11-9-22-10-12-49-34(22)27)16-25(26)24-7-8-29(42-33(24)37(46)47-3)36(45)41-18-23-5-4-6-28(38)31(23)39/h4-8,10,12-16H,9,11,17-18,40H2,1-3H3,(H,41,45)(H,43,44). The number of anilines is 1. The number of methoxy groups -OCH3 is 1. The first-order valence-corrected chi connectivity index (χ1v) is 16.6. The number of fused-ring (bicyclic) bond motifs is 3. The molecule has 0 saturated heterocycles. The van der Waals surface area contributed by atoms with Crippen molar-refractivity contribution in [3.63, 3.8) is 0 Å². The van der Waals surface area contributed by atoms with Gasteiger partial charge in [0.05, 0.1) is 18.7 Å². The third-order valence-electron chi connectivity index (χ3n) is 8.32. The van der Waals surface area contributed by atoms with Gasteiger partial charge in [0.2, 0.25) is 0 Å². The fourth-order valence-corrected chi connectivity index (χ4v) is 7.05. The number of carbonyl (C=O) groups is 3. The van der Waals surface area contributed by atoms with Crippen LogP contribution in [0.25, 0.3) is 21.6 Å². The number of rotatable bonds is 8. The van der Waals surface area contributed by atoms with E-state index in [1.165, 1.54) is 31.4 Å². The molecular formula is C37H32ClFN4O5S. The number of benzene rings is 3. The molecular weight excluding hydrogens is 667 g/mol. The average molecular weight is 699 g/mol. The Morgan fingerprint density at radius 1 is 1.02 bits per heavy atom. The molecule has 2 amide bonds. The fraction of sp³-hybridized carbons (Fsp3) is 0.189. The lowest BCUT2D eigenvalue weighted by atomic mass is 9.93. The maximum absolute atomic E-state index is 14.4. The molecule has 1 aliphatic rings. The van der Waals surface area contributed by atoms with Crippen molar-refractivity contribution in [1.82, 2.24) is 10.3 Å². The third-order valence-corrected chi connectivity index (χ3v) is 9.60. The summed E-state index contributed by atoms with van der Waals surface area (Å²) < 4.78 is 25.7. The van der Waals surface area contributed by atoms with Gasteiger partial charge in [0, 0.05) is 57.9 Å². The van der Waals surface area contributed by atoms with E-state index in [2.05, 4.69) is 15.6 Å². The number of esters is 1. The van der Waals surface area contributed by atoms with Crippen molar-refractivity contribution in [2.75, 3.05) is 19.0 Å². The van der Waals surface area contributed by atoms with Crippen LogP contribution >= 0.6 is 22.9 Å². The molecule has 1 aliphatic heterocycles. The van der Waals surface area contributed by atoms with E-state index in [1.807, 2.05) is 37.4 Å². The van der Waals surface area contributed by atoms with E-state index < -0.39 is 23.6 Å². The molecule has 0 radical (unpaired) electrons. The van der Waals surface area contributed by atoms with Gasteiger partial charge in [-0.1, -0.05) is 35.9 Å². The number of nitrogens with one attached hydrogen (secondary N) is 2. The van der Waals surface area contributed by atoms with E-state index in [0.717, 1.165) is 32.7 Å². The summed E-state index contributed by atoms with van der Waals surface area (Å²) in [5.41, 5.74) is 11.7. The van der Waals surface area contributed by atoms with E-state index in [9.17, 15) is 18.8 Å². The van der Waals surface area contributed by atoms with Crippen LogP contribution in [-0.4, -0.2) is 36.5 Å². The number of thiophene rings is 1. The minimum Gasteiger partial charge on any atom is -0.493 e. The first-order chi connectivity index (χ1) is 23.6. The van der Waals surface area contributed by atoms with Crippen LogP contribution < -0.4 is 21.1 Å². The number of nitrogens with zero attached hydrogens (tertiary/aromatic N) is 1. The van der Waals surface area contributed by atoms with Crippen LogP contribution in [0.3, 0.4) is 0 Å². The van der Waals surface area contributed by atoms with Gasteiger partial charge in [-0.05, 0) is 77.9 Å². The minimum atomic E-state index is -0.822. The highest BCUT2D eigenvalue weighted by molar-refractivity contribution is 7.13. The van der Waals surface area contributed by atoms with Crippen LogP contribution in [0.1, 0.15) is 59.2 Å². The molecule has 0 saturated carbocycles. The molecule has 0 atom stereocenters. The first kappa shape index (κ1) is 33.8. The Bertz CT molecular complexity index is 2110. The lowest BCUT2D eigenvalue weighted by molar-refractivity contribution is 0.0594. The van der Waals surface area contributed by atoms with E-state index in [0.29, 0.717) is 36.6 Å². The molecule has 3 aromatic carbocycles. The molecule has 0 bridgehead atoms. The number of halogens is 2. The van der Waals surface area contributed by atoms with Gasteiger partial charge < -0.3 is 25.8 Å². The van der Waals surface area contributed by atoms with E-state index in [4.69, 9.17) is 26.8 Å². The molecule has 250 valence electrons. The number of amides is 2. The van der Waals surface area contributed by atoms with Crippen molar-refractivity contribution in [2.24, 2.45) is 5.73 Å². The SMILES string of the molecule is COC(=O)c1nc(C(=O)NCc2cccc(Cl)c2F)ccc1-c1cc2c(cc1C(=O)Nc1c(C)cc(CN)cc1C)-c1sccc1CCO2. The van der Waals surface area contributed by atoms with Crippen LogP contribution in [0.2, 0.25) is 5.02 Å². The second-order valence-electron chi connectivity index (χ2n) is 11.5. The highest BCUT2D eigenvalue weighted by Crippen LogP contribution is 2.43. The summed E-state index contributed by atoms with van der Waals surface area (Å²) in [5, 5.41) is 7.62. The molecule has 0 fully saturated rings. The van der Waals surface area contributed by atoms with E-state index >= 15 is 0 Å². The Labute approximate surface area is 291 Å². The van der Waals surface area contributed by atoms with Crippen molar-refractivity contribution in [3.05, 3.63) is 122 Å². The highest BCUT2D eigenvalue weighted by Gasteiger charge is 2.27. The third kappa shape index (κ3) is 6.78. The molecule has 0 aliphatic carbocycles. The molecule has 2 aromatic heterocycles. The van der Waals surface area contributed by atoms with Crippen molar-refractivity contribution in [1.29, 1.82) is 0 Å². The maximum Gasteiger partial charge on any atom is 0.357 e. The molecule has 4 N–H and O–H groups in total. The normalized spacial score (nSPS) is 11.9. The number of pyridine rings is 1. The molecule has 9 nitrogen and oxygen atoms in total. The predicted octanol–water partition coefficient (Wildman–Crippen LogP) is 7.25. The molecule has 12 heteroatoms. The van der Waals surface area contributed by atoms with Crippen LogP contribution in [0, 0.1) is 19.7 Å². The Balaban J connectivity index is 1.45. The molecule has 0 unspecified atom stereocenters. The number of hydrogen-bond donors (Lipinski definition) is 3. The zero-order chi connectivity index (χ0) is 34.8. The van der Waals surface area contributed by atoms with Gasteiger partial charge >= 0.3 is 5.97 Å². The second-order valence-corrected chi connectivity index (χ2v) is 12.8. The second kappa shape index (κ2) is 14.2. The number of carbonyl (C=O) groups excluding carboxylic acids is 3. The lowest BCUT2D eigenvalue weighted by Crippen LogP contribution is -2.25. The summed E-state index contributed by atoms with van der Waals surface area (Å²) in [6.45, 7) is 4.42. The quantitative estimate of drug-likeness (QED) is 0.146. The van der Waals surface area contributed by atoms with Crippen LogP contribution in [-0.2, 0) is 24.2 Å². The van der Waals surface area contributed by atoms with Crippen molar-refractivity contribution in [2.45, 2.75) is 33.4 Å². The summed E-state index contributed by atoms with van der Waals surface area (Å²) in [7, 11) is 1.20. The number of hydrogen-bond acceptors (Lipinski definition) is 8. The summed E-state index contributed by atoms with van der Waals surface area (Å²) in [5.74, 6) is -2.01. The van der Waals surface area contributed by atoms with Gasteiger partial charge in [0.25, 0.3) is 11.8 Å². The van der Waals surface area contributed by atoms with Crippen molar-refractivity contribution in [3.8, 4) is 27.3 Å².